The molecule has 1 atom stereocenters. The van der Waals surface area contributed by atoms with Crippen LogP contribution in [0.15, 0.2) is 12.3 Å². The van der Waals surface area contributed by atoms with Gasteiger partial charge in [0.2, 0.25) is 5.28 Å². The standard InChI is InChI=1S/C9H13ClN4/c10-9-12-4-2-8(14-9)13-6-7-1-3-11-5-7/h2,4,7,11H,1,3,5-6H2,(H,12,13,14)/t7-/m1/s1. The fourth-order valence-electron chi connectivity index (χ4n) is 1.57. The highest BCUT2D eigenvalue weighted by Crippen LogP contribution is 2.10. The number of nitrogens with zero attached hydrogens (tertiary/aromatic N) is 2. The van der Waals surface area contributed by atoms with Crippen LogP contribution in [0, 0.1) is 5.92 Å². The van der Waals surface area contributed by atoms with E-state index < -0.39 is 0 Å². The van der Waals surface area contributed by atoms with E-state index in [4.69, 9.17) is 11.6 Å². The molecule has 1 aromatic heterocycles. The lowest BCUT2D eigenvalue weighted by molar-refractivity contribution is 0.614. The quantitative estimate of drug-likeness (QED) is 0.739. The van der Waals surface area contributed by atoms with Gasteiger partial charge in [-0.3, -0.25) is 0 Å². The van der Waals surface area contributed by atoms with Gasteiger partial charge >= 0.3 is 0 Å². The van der Waals surface area contributed by atoms with Crippen LogP contribution in [0.25, 0.3) is 0 Å². The SMILES string of the molecule is Clc1nccc(NC[C@@H]2CCNC2)n1. The van der Waals surface area contributed by atoms with Gasteiger partial charge in [0.05, 0.1) is 0 Å². The number of nitrogens with one attached hydrogen (secondary N) is 2. The highest BCUT2D eigenvalue weighted by molar-refractivity contribution is 6.28. The summed E-state index contributed by atoms with van der Waals surface area (Å²) < 4.78 is 0. The van der Waals surface area contributed by atoms with Crippen molar-refractivity contribution in [2.24, 2.45) is 5.92 Å². The van der Waals surface area contributed by atoms with E-state index in [2.05, 4.69) is 20.6 Å². The molecular formula is C9H13ClN4. The molecule has 14 heavy (non-hydrogen) atoms. The average molecular weight is 213 g/mol. The molecule has 0 saturated carbocycles. The van der Waals surface area contributed by atoms with Crippen LogP contribution < -0.4 is 10.6 Å². The van der Waals surface area contributed by atoms with E-state index in [9.17, 15) is 0 Å². The van der Waals surface area contributed by atoms with Crippen molar-refractivity contribution in [3.05, 3.63) is 17.5 Å². The normalized spacial score (nSPS) is 21.1. The summed E-state index contributed by atoms with van der Waals surface area (Å²) in [5, 5.41) is 6.86. The van der Waals surface area contributed by atoms with Crippen molar-refractivity contribution < 1.29 is 0 Å². The summed E-state index contributed by atoms with van der Waals surface area (Å²) in [5.41, 5.74) is 0. The van der Waals surface area contributed by atoms with Gasteiger partial charge < -0.3 is 10.6 Å². The average Bonchev–Trinajstić information content (AvgIpc) is 2.67. The Morgan fingerprint density at radius 2 is 2.57 bits per heavy atom. The zero-order chi connectivity index (χ0) is 9.80. The number of anilines is 1. The van der Waals surface area contributed by atoms with Crippen LogP contribution in [0.1, 0.15) is 6.42 Å². The first-order valence-corrected chi connectivity index (χ1v) is 5.15. The van der Waals surface area contributed by atoms with Crippen molar-refractivity contribution in [1.82, 2.24) is 15.3 Å². The van der Waals surface area contributed by atoms with Gasteiger partial charge in [0.1, 0.15) is 5.82 Å². The van der Waals surface area contributed by atoms with Crippen LogP contribution in [-0.2, 0) is 0 Å². The van der Waals surface area contributed by atoms with E-state index in [1.54, 1.807) is 6.20 Å². The van der Waals surface area contributed by atoms with Crippen molar-refractivity contribution in [2.45, 2.75) is 6.42 Å². The molecule has 0 aromatic carbocycles. The van der Waals surface area contributed by atoms with E-state index in [0.29, 0.717) is 11.2 Å². The van der Waals surface area contributed by atoms with Crippen molar-refractivity contribution in [1.29, 1.82) is 0 Å². The monoisotopic (exact) mass is 212 g/mol. The van der Waals surface area contributed by atoms with Crippen LogP contribution >= 0.6 is 11.6 Å². The highest BCUT2D eigenvalue weighted by Gasteiger charge is 2.13. The molecule has 0 radical (unpaired) electrons. The minimum absolute atomic E-state index is 0.291. The maximum absolute atomic E-state index is 5.67. The van der Waals surface area contributed by atoms with E-state index in [-0.39, 0.29) is 0 Å². The molecule has 0 unspecified atom stereocenters. The Morgan fingerprint density at radius 3 is 3.29 bits per heavy atom. The molecule has 2 heterocycles. The lowest BCUT2D eigenvalue weighted by atomic mass is 10.1. The lowest BCUT2D eigenvalue weighted by Crippen LogP contribution is -2.17. The van der Waals surface area contributed by atoms with Crippen molar-refractivity contribution >= 4 is 17.4 Å². The predicted octanol–water partition coefficient (Wildman–Crippen LogP) is 1.15. The van der Waals surface area contributed by atoms with Crippen LogP contribution in [0.2, 0.25) is 5.28 Å². The van der Waals surface area contributed by atoms with Crippen LogP contribution in [0.4, 0.5) is 5.82 Å². The minimum Gasteiger partial charge on any atom is -0.370 e. The number of hydrogen-bond donors (Lipinski definition) is 2. The van der Waals surface area contributed by atoms with Crippen molar-refractivity contribution in [3.63, 3.8) is 0 Å². The molecule has 1 saturated heterocycles. The Bertz CT molecular complexity index is 299. The van der Waals surface area contributed by atoms with E-state index in [1.807, 2.05) is 6.07 Å². The van der Waals surface area contributed by atoms with Gasteiger partial charge in [-0.15, -0.1) is 0 Å². The number of aromatic nitrogens is 2. The van der Waals surface area contributed by atoms with E-state index in [0.717, 1.165) is 25.5 Å². The topological polar surface area (TPSA) is 49.8 Å². The molecule has 2 rings (SSSR count). The Morgan fingerprint density at radius 1 is 1.64 bits per heavy atom. The van der Waals surface area contributed by atoms with E-state index in [1.165, 1.54) is 6.42 Å². The maximum atomic E-state index is 5.67. The molecule has 0 bridgehead atoms. The second-order valence-corrected chi connectivity index (χ2v) is 3.79. The number of rotatable bonds is 3. The first kappa shape index (κ1) is 9.68. The summed E-state index contributed by atoms with van der Waals surface area (Å²) in [6.45, 7) is 3.16. The molecule has 1 fully saturated rings. The smallest absolute Gasteiger partial charge is 0.224 e. The Labute approximate surface area is 88.1 Å². The molecule has 76 valence electrons. The molecule has 0 spiro atoms. The van der Waals surface area contributed by atoms with Gasteiger partial charge in [0.25, 0.3) is 0 Å². The van der Waals surface area contributed by atoms with Gasteiger partial charge in [-0.1, -0.05) is 0 Å². The Balaban J connectivity index is 1.85. The first-order chi connectivity index (χ1) is 6.84. The van der Waals surface area contributed by atoms with Gasteiger partial charge in [-0.2, -0.15) is 0 Å². The molecule has 4 nitrogen and oxygen atoms in total. The van der Waals surface area contributed by atoms with Gasteiger partial charge in [0.15, 0.2) is 0 Å². The fourth-order valence-corrected chi connectivity index (χ4v) is 1.72. The Kier molecular flexibility index (Phi) is 3.16. The maximum Gasteiger partial charge on any atom is 0.224 e. The lowest BCUT2D eigenvalue weighted by Gasteiger charge is -2.09. The third-order valence-electron chi connectivity index (χ3n) is 2.36. The predicted molar refractivity (Wildman–Crippen MR) is 56.5 cm³/mol. The second-order valence-electron chi connectivity index (χ2n) is 3.45. The van der Waals surface area contributed by atoms with Gasteiger partial charge in [-0.25, -0.2) is 9.97 Å². The molecule has 2 N–H and O–H groups in total. The van der Waals surface area contributed by atoms with Gasteiger partial charge in [0, 0.05) is 12.7 Å². The minimum atomic E-state index is 0.291. The summed E-state index contributed by atoms with van der Waals surface area (Å²) in [4.78, 5) is 7.88. The van der Waals surface area contributed by atoms with Crippen LogP contribution in [-0.4, -0.2) is 29.6 Å². The number of halogens is 1. The zero-order valence-electron chi connectivity index (χ0n) is 7.83. The summed E-state index contributed by atoms with van der Waals surface area (Å²) in [5.74, 6) is 1.50. The third kappa shape index (κ3) is 2.56. The molecular weight excluding hydrogens is 200 g/mol. The molecule has 1 aliphatic heterocycles. The highest BCUT2D eigenvalue weighted by atomic mass is 35.5. The summed E-state index contributed by atoms with van der Waals surface area (Å²) in [6.07, 6.45) is 2.89. The molecule has 0 aliphatic carbocycles. The fraction of sp³-hybridized carbons (Fsp3) is 0.556. The van der Waals surface area contributed by atoms with Crippen molar-refractivity contribution in [2.75, 3.05) is 25.0 Å². The Hall–Kier alpha value is -0.870. The zero-order valence-corrected chi connectivity index (χ0v) is 8.59. The van der Waals surface area contributed by atoms with Gasteiger partial charge in [-0.05, 0) is 43.1 Å². The summed E-state index contributed by atoms with van der Waals surface area (Å²) in [7, 11) is 0. The number of hydrogen-bond acceptors (Lipinski definition) is 4. The summed E-state index contributed by atoms with van der Waals surface area (Å²) >= 11 is 5.67. The third-order valence-corrected chi connectivity index (χ3v) is 2.54. The summed E-state index contributed by atoms with van der Waals surface area (Å²) in [6, 6.07) is 1.83. The molecule has 5 heteroatoms. The molecule has 1 aromatic rings. The van der Waals surface area contributed by atoms with Crippen molar-refractivity contribution in [3.8, 4) is 0 Å². The second kappa shape index (κ2) is 4.57. The largest absolute Gasteiger partial charge is 0.370 e. The van der Waals surface area contributed by atoms with Crippen LogP contribution in [0.5, 0.6) is 0 Å². The molecule has 0 amide bonds. The molecule has 1 aliphatic rings. The van der Waals surface area contributed by atoms with Crippen LogP contribution in [0.3, 0.4) is 0 Å². The van der Waals surface area contributed by atoms with E-state index >= 15 is 0 Å². The first-order valence-electron chi connectivity index (χ1n) is 4.78.